The van der Waals surface area contributed by atoms with Gasteiger partial charge in [0.25, 0.3) is 0 Å². The molecule has 4 nitrogen and oxygen atoms in total. The molecule has 0 saturated carbocycles. The van der Waals surface area contributed by atoms with Gasteiger partial charge in [0, 0.05) is 31.7 Å². The smallest absolute Gasteiger partial charge is 0.0718 e. The van der Waals surface area contributed by atoms with E-state index in [0.717, 1.165) is 39.3 Å². The van der Waals surface area contributed by atoms with Crippen LogP contribution in [0.25, 0.3) is 0 Å². The first-order chi connectivity index (χ1) is 8.37. The van der Waals surface area contributed by atoms with Gasteiger partial charge in [0.15, 0.2) is 0 Å². The first kappa shape index (κ1) is 15.9. The van der Waals surface area contributed by atoms with Gasteiger partial charge in [-0.3, -0.25) is 0 Å². The van der Waals surface area contributed by atoms with Gasteiger partial charge in [-0.1, -0.05) is 6.92 Å². The molecule has 1 fully saturated rings. The van der Waals surface area contributed by atoms with Gasteiger partial charge in [0.05, 0.1) is 12.2 Å². The van der Waals surface area contributed by atoms with Crippen molar-refractivity contribution < 1.29 is 9.84 Å². The second-order valence-electron chi connectivity index (χ2n) is 6.42. The molecule has 0 aromatic carbocycles. The van der Waals surface area contributed by atoms with Crippen LogP contribution in [-0.4, -0.2) is 62.0 Å². The normalized spacial score (nSPS) is 25.7. The molecule has 1 heterocycles. The highest BCUT2D eigenvalue weighted by Gasteiger charge is 2.34. The maximum atomic E-state index is 9.89. The Kier molecular flexibility index (Phi) is 6.05. The summed E-state index contributed by atoms with van der Waals surface area (Å²) in [5.74, 6) is 0. The molecule has 0 bridgehead atoms. The minimum absolute atomic E-state index is 0.203. The summed E-state index contributed by atoms with van der Waals surface area (Å²) in [6, 6.07) is 0. The summed E-state index contributed by atoms with van der Waals surface area (Å²) < 4.78 is 5.68. The van der Waals surface area contributed by atoms with Crippen molar-refractivity contribution in [1.82, 2.24) is 10.2 Å². The third-order valence-corrected chi connectivity index (χ3v) is 3.42. The molecule has 4 heteroatoms. The molecular formula is C14H30N2O2. The first-order valence-electron chi connectivity index (χ1n) is 7.06. The van der Waals surface area contributed by atoms with E-state index in [9.17, 15) is 5.11 Å². The Hall–Kier alpha value is -0.160. The summed E-state index contributed by atoms with van der Waals surface area (Å²) >= 11 is 0. The van der Waals surface area contributed by atoms with Crippen molar-refractivity contribution in [2.75, 3.05) is 46.4 Å². The lowest BCUT2D eigenvalue weighted by molar-refractivity contribution is -0.0351. The molecule has 1 saturated heterocycles. The van der Waals surface area contributed by atoms with E-state index in [2.05, 4.69) is 24.2 Å². The quantitative estimate of drug-likeness (QED) is 0.718. The molecule has 1 rings (SSSR count). The van der Waals surface area contributed by atoms with Gasteiger partial charge in [-0.25, -0.2) is 0 Å². The third kappa shape index (κ3) is 5.65. The second-order valence-corrected chi connectivity index (χ2v) is 6.42. The van der Waals surface area contributed by atoms with Crippen LogP contribution in [0.15, 0.2) is 0 Å². The molecule has 2 N–H and O–H groups in total. The van der Waals surface area contributed by atoms with Crippen molar-refractivity contribution in [3.63, 3.8) is 0 Å². The van der Waals surface area contributed by atoms with E-state index in [4.69, 9.17) is 4.74 Å². The highest BCUT2D eigenvalue weighted by atomic mass is 16.5. The van der Waals surface area contributed by atoms with Gasteiger partial charge in [0.2, 0.25) is 0 Å². The molecule has 1 aliphatic rings. The fraction of sp³-hybridized carbons (Fsp3) is 1.00. The topological polar surface area (TPSA) is 44.7 Å². The fourth-order valence-corrected chi connectivity index (χ4v) is 2.91. The standard InChI is InChI=1S/C14H30N2O2/c1-5-15-9-14(7-6-8-18-12-14)11-16(4)10-13(2,3)17/h15,17H,5-12H2,1-4H3. The van der Waals surface area contributed by atoms with E-state index < -0.39 is 5.60 Å². The minimum Gasteiger partial charge on any atom is -0.389 e. The van der Waals surface area contributed by atoms with Crippen molar-refractivity contribution in [3.8, 4) is 0 Å². The first-order valence-corrected chi connectivity index (χ1v) is 7.06. The van der Waals surface area contributed by atoms with E-state index in [0.29, 0.717) is 6.54 Å². The van der Waals surface area contributed by atoms with E-state index in [1.54, 1.807) is 0 Å². The van der Waals surface area contributed by atoms with Gasteiger partial charge in [-0.15, -0.1) is 0 Å². The lowest BCUT2D eigenvalue weighted by atomic mass is 9.81. The Morgan fingerprint density at radius 3 is 2.67 bits per heavy atom. The van der Waals surface area contributed by atoms with Crippen LogP contribution >= 0.6 is 0 Å². The molecule has 0 aliphatic carbocycles. The summed E-state index contributed by atoms with van der Waals surface area (Å²) in [4.78, 5) is 2.23. The molecule has 0 spiro atoms. The van der Waals surface area contributed by atoms with Crippen LogP contribution in [-0.2, 0) is 4.74 Å². The fourth-order valence-electron chi connectivity index (χ4n) is 2.91. The van der Waals surface area contributed by atoms with Crippen LogP contribution in [0, 0.1) is 5.41 Å². The number of hydrogen-bond donors (Lipinski definition) is 2. The number of nitrogens with one attached hydrogen (secondary N) is 1. The molecule has 0 aromatic rings. The Bertz CT molecular complexity index is 232. The molecule has 1 atom stereocenters. The predicted octanol–water partition coefficient (Wildman–Crippen LogP) is 1.10. The van der Waals surface area contributed by atoms with E-state index >= 15 is 0 Å². The zero-order valence-corrected chi connectivity index (χ0v) is 12.5. The predicted molar refractivity (Wildman–Crippen MR) is 74.8 cm³/mol. The van der Waals surface area contributed by atoms with Gasteiger partial charge in [-0.05, 0) is 40.3 Å². The van der Waals surface area contributed by atoms with Gasteiger partial charge < -0.3 is 20.1 Å². The number of nitrogens with zero attached hydrogens (tertiary/aromatic N) is 1. The second kappa shape index (κ2) is 6.85. The average Bonchev–Trinajstić information content (AvgIpc) is 2.25. The zero-order valence-electron chi connectivity index (χ0n) is 12.5. The molecule has 18 heavy (non-hydrogen) atoms. The van der Waals surface area contributed by atoms with Crippen molar-refractivity contribution in [1.29, 1.82) is 0 Å². The highest BCUT2D eigenvalue weighted by molar-refractivity contribution is 4.87. The van der Waals surface area contributed by atoms with Crippen molar-refractivity contribution in [2.45, 2.75) is 39.2 Å². The monoisotopic (exact) mass is 258 g/mol. The molecular weight excluding hydrogens is 228 g/mol. The summed E-state index contributed by atoms with van der Waals surface area (Å²) in [5.41, 5.74) is -0.433. The summed E-state index contributed by atoms with van der Waals surface area (Å²) in [6.45, 7) is 11.2. The SMILES string of the molecule is CCNCC1(CN(C)CC(C)(C)O)CCCOC1. The van der Waals surface area contributed by atoms with Gasteiger partial charge >= 0.3 is 0 Å². The Morgan fingerprint density at radius 1 is 1.44 bits per heavy atom. The van der Waals surface area contributed by atoms with E-state index in [1.807, 2.05) is 13.8 Å². The van der Waals surface area contributed by atoms with E-state index in [1.165, 1.54) is 6.42 Å². The molecule has 0 radical (unpaired) electrons. The number of likely N-dealkylation sites (N-methyl/N-ethyl adjacent to an activating group) is 1. The third-order valence-electron chi connectivity index (χ3n) is 3.42. The molecule has 1 unspecified atom stereocenters. The van der Waals surface area contributed by atoms with Crippen LogP contribution in [0.4, 0.5) is 0 Å². The van der Waals surface area contributed by atoms with Gasteiger partial charge in [0.1, 0.15) is 0 Å². The summed E-state index contributed by atoms with van der Waals surface area (Å²) in [7, 11) is 2.08. The van der Waals surface area contributed by atoms with Crippen LogP contribution in [0.2, 0.25) is 0 Å². The number of ether oxygens (including phenoxy) is 1. The van der Waals surface area contributed by atoms with Crippen molar-refractivity contribution >= 4 is 0 Å². The zero-order chi connectivity index (χ0) is 13.6. The molecule has 0 amide bonds. The number of hydrogen-bond acceptors (Lipinski definition) is 4. The highest BCUT2D eigenvalue weighted by Crippen LogP contribution is 2.29. The van der Waals surface area contributed by atoms with E-state index in [-0.39, 0.29) is 5.41 Å². The van der Waals surface area contributed by atoms with Crippen LogP contribution in [0.5, 0.6) is 0 Å². The molecule has 0 aromatic heterocycles. The van der Waals surface area contributed by atoms with Crippen molar-refractivity contribution in [3.05, 3.63) is 0 Å². The van der Waals surface area contributed by atoms with Crippen LogP contribution < -0.4 is 5.32 Å². The minimum atomic E-state index is -0.635. The Balaban J connectivity index is 2.54. The largest absolute Gasteiger partial charge is 0.389 e. The average molecular weight is 258 g/mol. The summed E-state index contributed by atoms with van der Waals surface area (Å²) in [5, 5.41) is 13.3. The Labute approximate surface area is 112 Å². The van der Waals surface area contributed by atoms with Crippen LogP contribution in [0.3, 0.4) is 0 Å². The molecule has 108 valence electrons. The lowest BCUT2D eigenvalue weighted by Crippen LogP contribution is -2.50. The van der Waals surface area contributed by atoms with Crippen molar-refractivity contribution in [2.24, 2.45) is 5.41 Å². The Morgan fingerprint density at radius 2 is 2.17 bits per heavy atom. The maximum absolute atomic E-state index is 9.89. The molecule has 1 aliphatic heterocycles. The summed E-state index contributed by atoms with van der Waals surface area (Å²) in [6.07, 6.45) is 2.35. The lowest BCUT2D eigenvalue weighted by Gasteiger charge is -2.41. The maximum Gasteiger partial charge on any atom is 0.0718 e. The van der Waals surface area contributed by atoms with Gasteiger partial charge in [-0.2, -0.15) is 0 Å². The number of rotatable bonds is 7. The van der Waals surface area contributed by atoms with Crippen LogP contribution in [0.1, 0.15) is 33.6 Å². The number of aliphatic hydroxyl groups is 1.